The number of hydrogen-bond acceptors (Lipinski definition) is 7. The van der Waals surface area contributed by atoms with E-state index in [-0.39, 0.29) is 5.00 Å². The first-order chi connectivity index (χ1) is 14.4. The summed E-state index contributed by atoms with van der Waals surface area (Å²) < 4.78 is 0.927. The van der Waals surface area contributed by atoms with Gasteiger partial charge in [-0.05, 0) is 48.9 Å². The van der Waals surface area contributed by atoms with Crippen LogP contribution in [-0.4, -0.2) is 22.0 Å². The minimum atomic E-state index is -0.466. The fourth-order valence-corrected chi connectivity index (χ4v) is 4.57. The zero-order chi connectivity index (χ0) is 21.3. The van der Waals surface area contributed by atoms with E-state index in [1.54, 1.807) is 30.3 Å². The van der Waals surface area contributed by atoms with Gasteiger partial charge in [-0.15, -0.1) is 0 Å². The Morgan fingerprint density at radius 2 is 2.03 bits per heavy atom. The summed E-state index contributed by atoms with van der Waals surface area (Å²) in [5.41, 5.74) is 2.19. The molecule has 10 heteroatoms. The summed E-state index contributed by atoms with van der Waals surface area (Å²) in [5.74, 6) is -0.407. The first-order valence-corrected chi connectivity index (χ1v) is 10.7. The lowest BCUT2D eigenvalue weighted by molar-refractivity contribution is -0.380. The molecule has 0 spiro atoms. The minimum absolute atomic E-state index is 0.000343. The molecule has 0 saturated carbocycles. The lowest BCUT2D eigenvalue weighted by atomic mass is 10.2. The fourth-order valence-electron chi connectivity index (χ4n) is 2.67. The van der Waals surface area contributed by atoms with Crippen molar-refractivity contribution in [2.75, 3.05) is 5.01 Å². The molecule has 0 aliphatic heterocycles. The van der Waals surface area contributed by atoms with Crippen molar-refractivity contribution in [3.05, 3.63) is 85.7 Å². The number of benzene rings is 2. The Bertz CT molecular complexity index is 1300. The van der Waals surface area contributed by atoms with Gasteiger partial charge in [0.05, 0.1) is 26.2 Å². The molecule has 0 N–H and O–H groups in total. The number of aromatic nitrogens is 1. The van der Waals surface area contributed by atoms with Gasteiger partial charge in [0, 0.05) is 16.7 Å². The Kier molecular flexibility index (Phi) is 5.58. The topological polar surface area (TPSA) is 88.7 Å². The summed E-state index contributed by atoms with van der Waals surface area (Å²) in [4.78, 5) is 28.7. The average Bonchev–Trinajstić information content (AvgIpc) is 3.35. The van der Waals surface area contributed by atoms with Gasteiger partial charge < -0.3 is 0 Å². The Hall–Kier alpha value is -3.14. The SMILES string of the molecule is Cc1ccc2nc(N(/N=C/c3ccc([N+](=O)[O-])s3)C(=O)c3cccc(Cl)c3)sc2c1. The van der Waals surface area contributed by atoms with E-state index in [2.05, 4.69) is 10.1 Å². The maximum atomic E-state index is 13.2. The third kappa shape index (κ3) is 4.23. The molecule has 0 unspecified atom stereocenters. The number of hydrazone groups is 1. The maximum Gasteiger partial charge on any atom is 0.324 e. The highest BCUT2D eigenvalue weighted by molar-refractivity contribution is 7.22. The lowest BCUT2D eigenvalue weighted by Gasteiger charge is -2.13. The summed E-state index contributed by atoms with van der Waals surface area (Å²) in [6.45, 7) is 1.98. The van der Waals surface area contributed by atoms with Gasteiger partial charge in [-0.1, -0.05) is 46.4 Å². The number of rotatable bonds is 5. The van der Waals surface area contributed by atoms with Crippen molar-refractivity contribution < 1.29 is 9.72 Å². The molecular weight excluding hydrogens is 444 g/mol. The second-order valence-corrected chi connectivity index (χ2v) is 8.81. The summed E-state index contributed by atoms with van der Waals surface area (Å²) >= 11 is 8.35. The normalized spacial score (nSPS) is 11.3. The molecule has 0 aliphatic carbocycles. The van der Waals surface area contributed by atoms with Gasteiger partial charge in [0.25, 0.3) is 5.91 Å². The highest BCUT2D eigenvalue weighted by Gasteiger charge is 2.21. The fraction of sp³-hybridized carbons (Fsp3) is 0.0500. The number of carbonyl (C=O) groups excluding carboxylic acids is 1. The van der Waals surface area contributed by atoms with Crippen LogP contribution in [0.3, 0.4) is 0 Å². The molecule has 7 nitrogen and oxygen atoms in total. The number of aryl methyl sites for hydroxylation is 1. The van der Waals surface area contributed by atoms with E-state index in [1.165, 1.54) is 28.6 Å². The average molecular weight is 457 g/mol. The van der Waals surface area contributed by atoms with Crippen molar-refractivity contribution in [2.45, 2.75) is 6.92 Å². The van der Waals surface area contributed by atoms with Crippen LogP contribution < -0.4 is 5.01 Å². The zero-order valence-corrected chi connectivity index (χ0v) is 17.9. The molecule has 0 atom stereocenters. The molecule has 2 aromatic heterocycles. The van der Waals surface area contributed by atoms with Crippen molar-refractivity contribution in [1.82, 2.24) is 4.98 Å². The maximum absolute atomic E-state index is 13.2. The van der Waals surface area contributed by atoms with Gasteiger partial charge in [0.2, 0.25) is 5.13 Å². The van der Waals surface area contributed by atoms with Crippen LogP contribution in [0.25, 0.3) is 10.2 Å². The Balaban J connectivity index is 1.75. The minimum Gasteiger partial charge on any atom is -0.267 e. The van der Waals surface area contributed by atoms with Crippen LogP contribution in [0.4, 0.5) is 10.1 Å². The van der Waals surface area contributed by atoms with Crippen molar-refractivity contribution in [3.63, 3.8) is 0 Å². The monoisotopic (exact) mass is 456 g/mol. The highest BCUT2D eigenvalue weighted by atomic mass is 35.5. The molecule has 4 aromatic rings. The number of amides is 1. The standard InChI is InChI=1S/C20H13ClN4O3S2/c1-12-5-7-16-17(9-12)30-20(23-16)24(19(26)13-3-2-4-14(21)10-13)22-11-15-6-8-18(29-15)25(27)28/h2-11H,1H3/b22-11+. The van der Waals surface area contributed by atoms with Crippen molar-refractivity contribution in [1.29, 1.82) is 0 Å². The van der Waals surface area contributed by atoms with Gasteiger partial charge in [-0.25, -0.2) is 4.98 Å². The number of fused-ring (bicyclic) bond motifs is 1. The molecular formula is C20H13ClN4O3S2. The lowest BCUT2D eigenvalue weighted by Crippen LogP contribution is -2.25. The summed E-state index contributed by atoms with van der Waals surface area (Å²) in [6, 6.07) is 15.4. The number of nitrogens with zero attached hydrogens (tertiary/aromatic N) is 4. The number of halogens is 1. The van der Waals surface area contributed by atoms with Crippen LogP contribution in [0.15, 0.2) is 59.7 Å². The number of hydrogen-bond donors (Lipinski definition) is 0. The molecule has 150 valence electrons. The predicted octanol–water partition coefficient (Wildman–Crippen LogP) is 5.91. The molecule has 2 heterocycles. The third-order valence-corrected chi connectivity index (χ3v) is 6.27. The van der Waals surface area contributed by atoms with Gasteiger partial charge in [0.15, 0.2) is 0 Å². The van der Waals surface area contributed by atoms with Crippen LogP contribution in [0.2, 0.25) is 5.02 Å². The van der Waals surface area contributed by atoms with Crippen molar-refractivity contribution in [2.24, 2.45) is 5.10 Å². The molecule has 1 amide bonds. The van der Waals surface area contributed by atoms with E-state index in [0.717, 1.165) is 27.1 Å². The van der Waals surface area contributed by atoms with Crippen molar-refractivity contribution in [3.8, 4) is 0 Å². The quantitative estimate of drug-likeness (QED) is 0.212. The zero-order valence-electron chi connectivity index (χ0n) is 15.5. The van der Waals surface area contributed by atoms with E-state index in [0.29, 0.717) is 20.6 Å². The van der Waals surface area contributed by atoms with Gasteiger partial charge >= 0.3 is 5.00 Å². The van der Waals surface area contributed by atoms with Crippen LogP contribution in [0.1, 0.15) is 20.8 Å². The molecule has 4 rings (SSSR count). The summed E-state index contributed by atoms with van der Waals surface area (Å²) in [7, 11) is 0. The second kappa shape index (κ2) is 8.31. The molecule has 0 radical (unpaired) electrons. The first kappa shape index (κ1) is 20.1. The van der Waals surface area contributed by atoms with Crippen LogP contribution in [0.5, 0.6) is 0 Å². The summed E-state index contributed by atoms with van der Waals surface area (Å²) in [5, 5.41) is 17.2. The van der Waals surface area contributed by atoms with Crippen LogP contribution in [-0.2, 0) is 0 Å². The largest absolute Gasteiger partial charge is 0.324 e. The molecule has 0 fully saturated rings. The second-order valence-electron chi connectivity index (χ2n) is 6.27. The molecule has 30 heavy (non-hydrogen) atoms. The van der Waals surface area contributed by atoms with E-state index < -0.39 is 10.8 Å². The van der Waals surface area contributed by atoms with Crippen molar-refractivity contribution >= 4 is 66.7 Å². The Morgan fingerprint density at radius 3 is 2.77 bits per heavy atom. The molecule has 0 bridgehead atoms. The van der Waals surface area contributed by atoms with E-state index in [9.17, 15) is 14.9 Å². The number of thiophene rings is 1. The number of nitro groups is 1. The number of carbonyl (C=O) groups is 1. The van der Waals surface area contributed by atoms with E-state index in [1.807, 2.05) is 25.1 Å². The number of thiazole rings is 1. The first-order valence-electron chi connectivity index (χ1n) is 8.66. The van der Waals surface area contributed by atoms with Gasteiger partial charge in [-0.2, -0.15) is 10.1 Å². The van der Waals surface area contributed by atoms with E-state index >= 15 is 0 Å². The van der Waals surface area contributed by atoms with E-state index in [4.69, 9.17) is 11.6 Å². The molecule has 0 aliphatic rings. The highest BCUT2D eigenvalue weighted by Crippen LogP contribution is 2.31. The van der Waals surface area contributed by atoms with Crippen LogP contribution in [0, 0.1) is 17.0 Å². The van der Waals surface area contributed by atoms with Gasteiger partial charge in [-0.3, -0.25) is 14.9 Å². The third-order valence-electron chi connectivity index (χ3n) is 4.07. The summed E-state index contributed by atoms with van der Waals surface area (Å²) in [6.07, 6.45) is 1.41. The molecule has 2 aromatic carbocycles. The Labute approximate surface area is 184 Å². The van der Waals surface area contributed by atoms with Crippen LogP contribution >= 0.6 is 34.3 Å². The van der Waals surface area contributed by atoms with Gasteiger partial charge in [0.1, 0.15) is 0 Å². The molecule has 0 saturated heterocycles. The smallest absolute Gasteiger partial charge is 0.267 e. The number of anilines is 1. The Morgan fingerprint density at radius 1 is 1.20 bits per heavy atom. The predicted molar refractivity (Wildman–Crippen MR) is 121 cm³/mol.